The van der Waals surface area contributed by atoms with Crippen molar-refractivity contribution < 1.29 is 0 Å². The van der Waals surface area contributed by atoms with Gasteiger partial charge in [0.2, 0.25) is 0 Å². The molecule has 1 fully saturated rings. The summed E-state index contributed by atoms with van der Waals surface area (Å²) in [4.78, 5) is 14.7. The predicted molar refractivity (Wildman–Crippen MR) is 135 cm³/mol. The van der Waals surface area contributed by atoms with Crippen LogP contribution in [0.25, 0.3) is 11.3 Å². The summed E-state index contributed by atoms with van der Waals surface area (Å²) in [5, 5.41) is 10.9. The van der Waals surface area contributed by atoms with E-state index in [1.54, 1.807) is 0 Å². The maximum Gasteiger partial charge on any atom is 0.149 e. The number of H-pyrrole nitrogens is 1. The van der Waals surface area contributed by atoms with Gasteiger partial charge in [-0.1, -0.05) is 43.2 Å². The zero-order valence-electron chi connectivity index (χ0n) is 20.1. The van der Waals surface area contributed by atoms with E-state index in [9.17, 15) is 0 Å². The van der Waals surface area contributed by atoms with Gasteiger partial charge < -0.3 is 16.0 Å². The van der Waals surface area contributed by atoms with Crippen molar-refractivity contribution >= 4 is 5.82 Å². The quantitative estimate of drug-likeness (QED) is 0.498. The Labute approximate surface area is 202 Å². The minimum atomic E-state index is -0.247. The number of hydrogen-bond acceptors (Lipinski definition) is 7. The summed E-state index contributed by atoms with van der Waals surface area (Å²) < 4.78 is 0. The lowest BCUT2D eigenvalue weighted by atomic mass is 10.1. The largest absolute Gasteiger partial charge is 0.356 e. The van der Waals surface area contributed by atoms with Crippen LogP contribution in [-0.2, 0) is 19.5 Å². The van der Waals surface area contributed by atoms with Gasteiger partial charge in [0.05, 0.1) is 23.6 Å². The zero-order chi connectivity index (χ0) is 23.3. The number of anilines is 1. The van der Waals surface area contributed by atoms with Gasteiger partial charge in [0.15, 0.2) is 0 Å². The number of likely N-dealkylation sites (N-methyl/N-ethyl adjacent to an activating group) is 1. The van der Waals surface area contributed by atoms with Gasteiger partial charge in [0.25, 0.3) is 0 Å². The van der Waals surface area contributed by atoms with Crippen molar-refractivity contribution in [1.82, 2.24) is 30.4 Å². The molecule has 0 bridgehead atoms. The van der Waals surface area contributed by atoms with Crippen LogP contribution in [-0.4, -0.2) is 58.3 Å². The van der Waals surface area contributed by atoms with Gasteiger partial charge in [0, 0.05) is 56.8 Å². The van der Waals surface area contributed by atoms with Crippen molar-refractivity contribution in [2.75, 3.05) is 38.1 Å². The number of nitrogens with two attached hydrogens (primary N) is 1. The number of fused-ring (bicyclic) bond motifs is 1. The van der Waals surface area contributed by atoms with Crippen LogP contribution in [0.15, 0.2) is 36.5 Å². The van der Waals surface area contributed by atoms with Crippen LogP contribution in [0.3, 0.4) is 0 Å². The Hall–Kier alpha value is -2.81. The lowest BCUT2D eigenvalue weighted by molar-refractivity contribution is 0.301. The van der Waals surface area contributed by atoms with Crippen LogP contribution in [0.4, 0.5) is 5.82 Å². The average Bonchev–Trinajstić information content (AvgIpc) is 3.15. The average molecular weight is 461 g/mol. The first-order valence-corrected chi connectivity index (χ1v) is 12.6. The van der Waals surface area contributed by atoms with E-state index in [1.807, 2.05) is 24.4 Å². The molecule has 8 nitrogen and oxygen atoms in total. The molecule has 1 unspecified atom stereocenters. The summed E-state index contributed by atoms with van der Waals surface area (Å²) in [5.41, 5.74) is 12.5. The van der Waals surface area contributed by atoms with Crippen LogP contribution in [0.2, 0.25) is 0 Å². The van der Waals surface area contributed by atoms with Crippen molar-refractivity contribution in [3.05, 3.63) is 59.2 Å². The molecular weight excluding hydrogens is 424 g/mol. The molecule has 4 heterocycles. The van der Waals surface area contributed by atoms with E-state index >= 15 is 0 Å². The monoisotopic (exact) mass is 460 g/mol. The summed E-state index contributed by atoms with van der Waals surface area (Å²) >= 11 is 0. The maximum atomic E-state index is 6.71. The lowest BCUT2D eigenvalue weighted by Crippen LogP contribution is -2.35. The molecule has 1 atom stereocenters. The van der Waals surface area contributed by atoms with E-state index in [-0.39, 0.29) is 6.04 Å². The molecule has 180 valence electrons. The van der Waals surface area contributed by atoms with Gasteiger partial charge in [-0.2, -0.15) is 5.10 Å². The molecule has 5 rings (SSSR count). The number of hydrogen-bond donors (Lipinski definition) is 3. The maximum absolute atomic E-state index is 6.71. The van der Waals surface area contributed by atoms with E-state index in [0.717, 1.165) is 67.6 Å². The van der Waals surface area contributed by atoms with Gasteiger partial charge in [-0.25, -0.2) is 9.97 Å². The molecule has 2 aliphatic heterocycles. The molecule has 3 aromatic rings. The lowest BCUT2D eigenvalue weighted by Gasteiger charge is -2.29. The molecular formula is C26H36N8. The molecule has 8 heteroatoms. The fourth-order valence-corrected chi connectivity index (χ4v) is 5.11. The van der Waals surface area contributed by atoms with E-state index in [2.05, 4.69) is 44.5 Å². The van der Waals surface area contributed by atoms with Crippen LogP contribution < -0.4 is 16.0 Å². The molecule has 4 N–H and O–H groups in total. The molecule has 2 aromatic heterocycles. The predicted octanol–water partition coefficient (Wildman–Crippen LogP) is 3.02. The molecule has 34 heavy (non-hydrogen) atoms. The van der Waals surface area contributed by atoms with Crippen LogP contribution in [0.1, 0.15) is 54.4 Å². The van der Waals surface area contributed by atoms with Gasteiger partial charge in [-0.05, 0) is 25.5 Å². The number of aromatic amines is 1. The molecule has 1 saturated heterocycles. The molecule has 0 spiro atoms. The van der Waals surface area contributed by atoms with Crippen LogP contribution in [0, 0.1) is 0 Å². The highest BCUT2D eigenvalue weighted by Gasteiger charge is 2.25. The van der Waals surface area contributed by atoms with Crippen molar-refractivity contribution in [3.8, 4) is 11.3 Å². The molecule has 1 aromatic carbocycles. The smallest absolute Gasteiger partial charge is 0.149 e. The zero-order valence-corrected chi connectivity index (χ0v) is 20.1. The third-order valence-electron chi connectivity index (χ3n) is 6.89. The third-order valence-corrected chi connectivity index (χ3v) is 6.89. The van der Waals surface area contributed by atoms with Gasteiger partial charge in [-0.15, -0.1) is 0 Å². The van der Waals surface area contributed by atoms with Crippen molar-refractivity contribution in [2.24, 2.45) is 5.73 Å². The van der Waals surface area contributed by atoms with E-state index in [0.29, 0.717) is 6.54 Å². The van der Waals surface area contributed by atoms with E-state index < -0.39 is 0 Å². The van der Waals surface area contributed by atoms with Crippen LogP contribution >= 0.6 is 0 Å². The third kappa shape index (κ3) is 5.14. The highest BCUT2D eigenvalue weighted by Crippen LogP contribution is 2.28. The molecule has 0 radical (unpaired) electrons. The summed E-state index contributed by atoms with van der Waals surface area (Å²) in [5.74, 6) is 1.87. The second kappa shape index (κ2) is 10.6. The van der Waals surface area contributed by atoms with Crippen molar-refractivity contribution in [3.63, 3.8) is 0 Å². The fraction of sp³-hybridized carbons (Fsp3) is 0.500. The Morgan fingerprint density at radius 2 is 1.88 bits per heavy atom. The summed E-state index contributed by atoms with van der Waals surface area (Å²) in [7, 11) is 2.10. The highest BCUT2D eigenvalue weighted by molar-refractivity contribution is 5.62. The Morgan fingerprint density at radius 3 is 2.68 bits per heavy atom. The molecule has 0 saturated carbocycles. The summed E-state index contributed by atoms with van der Waals surface area (Å²) in [6, 6.07) is 10.1. The number of rotatable bonds is 7. The van der Waals surface area contributed by atoms with Gasteiger partial charge >= 0.3 is 0 Å². The summed E-state index contributed by atoms with van der Waals surface area (Å²) in [6.45, 7) is 5.37. The Balaban J connectivity index is 1.33. The Morgan fingerprint density at radius 1 is 1.09 bits per heavy atom. The standard InChI is InChI=1S/C26H36N8/c1-33(17-20-15-29-32-24(20)19-9-5-4-6-10-19)18-22(27)25-30-23-11-12-28-16-21(23)26(31-25)34-13-7-2-3-8-14-34/h4-6,9-10,15,22,28H,2-3,7-8,11-14,16-18,27H2,1H3,(H,29,32). The van der Waals surface area contributed by atoms with Gasteiger partial charge in [0.1, 0.15) is 11.6 Å². The second-order valence-electron chi connectivity index (χ2n) is 9.60. The Bertz CT molecular complexity index is 1070. The summed E-state index contributed by atoms with van der Waals surface area (Å²) in [6.07, 6.45) is 7.90. The first kappa shape index (κ1) is 23.0. The topological polar surface area (TPSA) is 99.0 Å². The van der Waals surface area contributed by atoms with Crippen molar-refractivity contribution in [2.45, 2.75) is 51.2 Å². The number of nitrogens with one attached hydrogen (secondary N) is 2. The van der Waals surface area contributed by atoms with Crippen molar-refractivity contribution in [1.29, 1.82) is 0 Å². The first-order valence-electron chi connectivity index (χ1n) is 12.6. The fourth-order valence-electron chi connectivity index (χ4n) is 5.11. The number of nitrogens with zero attached hydrogens (tertiary/aromatic N) is 5. The SMILES string of the molecule is CN(Cc1cn[nH]c1-c1ccccc1)CC(N)c1nc2c(c(N3CCCCCC3)n1)CNCC2. The van der Waals surface area contributed by atoms with E-state index in [4.69, 9.17) is 15.7 Å². The Kier molecular flexibility index (Phi) is 7.18. The number of benzene rings is 1. The first-order chi connectivity index (χ1) is 16.7. The molecule has 2 aliphatic rings. The molecule has 0 amide bonds. The minimum absolute atomic E-state index is 0.247. The molecule has 0 aliphatic carbocycles. The van der Waals surface area contributed by atoms with Gasteiger partial charge in [-0.3, -0.25) is 10.00 Å². The highest BCUT2D eigenvalue weighted by atomic mass is 15.2. The second-order valence-corrected chi connectivity index (χ2v) is 9.60. The number of aromatic nitrogens is 4. The minimum Gasteiger partial charge on any atom is -0.356 e. The van der Waals surface area contributed by atoms with E-state index in [1.165, 1.54) is 36.9 Å². The normalized spacial score (nSPS) is 17.4. The van der Waals surface area contributed by atoms with Crippen LogP contribution in [0.5, 0.6) is 0 Å².